The first-order chi connectivity index (χ1) is 17.0. The number of benzene rings is 1. The summed E-state index contributed by atoms with van der Waals surface area (Å²) in [4.78, 5) is 48.6. The minimum absolute atomic E-state index is 0.0157. The maximum atomic E-state index is 13.0. The molecule has 4 rings (SSSR count). The number of nitrogens with one attached hydrogen (secondary N) is 2. The van der Waals surface area contributed by atoms with Gasteiger partial charge in [-0.2, -0.15) is 4.98 Å². The first-order valence-electron chi connectivity index (χ1n) is 12.3. The lowest BCUT2D eigenvalue weighted by atomic mass is 9.96. The van der Waals surface area contributed by atoms with Gasteiger partial charge in [-0.1, -0.05) is 36.8 Å². The summed E-state index contributed by atoms with van der Waals surface area (Å²) in [5.41, 5.74) is 2.06. The van der Waals surface area contributed by atoms with Crippen LogP contribution >= 0.6 is 11.3 Å². The van der Waals surface area contributed by atoms with Crippen LogP contribution in [-0.4, -0.2) is 46.0 Å². The fraction of sp³-hybridized carbons (Fsp3) is 0.480. The molecule has 1 fully saturated rings. The SMILES string of the molecule is CCCCc1ccc(NC(=O)Cn2cnc3nc(N4CCC(C(=O)NCC)CC4)sc3c2=O)cc1. The Balaban J connectivity index is 1.39. The summed E-state index contributed by atoms with van der Waals surface area (Å²) >= 11 is 1.29. The number of hydrogen-bond acceptors (Lipinski definition) is 7. The van der Waals surface area contributed by atoms with E-state index < -0.39 is 0 Å². The van der Waals surface area contributed by atoms with Crippen LogP contribution in [0.1, 0.15) is 45.1 Å². The van der Waals surface area contributed by atoms with Crippen molar-refractivity contribution in [3.05, 3.63) is 46.5 Å². The Morgan fingerprint density at radius 1 is 1.14 bits per heavy atom. The lowest BCUT2D eigenvalue weighted by Crippen LogP contribution is -2.40. The highest BCUT2D eigenvalue weighted by Crippen LogP contribution is 2.29. The molecular weight excluding hydrogens is 464 g/mol. The highest BCUT2D eigenvalue weighted by molar-refractivity contribution is 7.22. The number of amides is 2. The van der Waals surface area contributed by atoms with E-state index in [-0.39, 0.29) is 29.8 Å². The molecule has 10 heteroatoms. The Morgan fingerprint density at radius 3 is 2.57 bits per heavy atom. The van der Waals surface area contributed by atoms with Gasteiger partial charge >= 0.3 is 0 Å². The summed E-state index contributed by atoms with van der Waals surface area (Å²) in [6.07, 6.45) is 6.18. The van der Waals surface area contributed by atoms with E-state index in [1.807, 2.05) is 31.2 Å². The molecule has 1 saturated heterocycles. The first kappa shape index (κ1) is 24.8. The van der Waals surface area contributed by atoms with Crippen molar-refractivity contribution in [1.29, 1.82) is 0 Å². The normalized spacial score (nSPS) is 14.3. The summed E-state index contributed by atoms with van der Waals surface area (Å²) in [7, 11) is 0. The van der Waals surface area contributed by atoms with E-state index in [1.54, 1.807) is 0 Å². The third kappa shape index (κ3) is 6.05. The van der Waals surface area contributed by atoms with Gasteiger partial charge in [-0.25, -0.2) is 4.98 Å². The lowest BCUT2D eigenvalue weighted by molar-refractivity contribution is -0.125. The predicted octanol–water partition coefficient (Wildman–Crippen LogP) is 3.19. The van der Waals surface area contributed by atoms with Gasteiger partial charge in [0, 0.05) is 31.2 Å². The van der Waals surface area contributed by atoms with Gasteiger partial charge in [0.1, 0.15) is 17.6 Å². The molecule has 0 atom stereocenters. The fourth-order valence-corrected chi connectivity index (χ4v) is 5.25. The molecule has 0 bridgehead atoms. The molecule has 1 aliphatic rings. The minimum Gasteiger partial charge on any atom is -0.356 e. The molecule has 0 unspecified atom stereocenters. The average Bonchev–Trinajstić information content (AvgIpc) is 3.31. The zero-order valence-electron chi connectivity index (χ0n) is 20.2. The minimum atomic E-state index is -0.285. The van der Waals surface area contributed by atoms with Crippen molar-refractivity contribution < 1.29 is 9.59 Å². The van der Waals surface area contributed by atoms with Gasteiger partial charge in [-0.05, 0) is 50.3 Å². The van der Waals surface area contributed by atoms with Crippen LogP contribution in [0.4, 0.5) is 10.8 Å². The van der Waals surface area contributed by atoms with Gasteiger partial charge in [0.2, 0.25) is 11.8 Å². The standard InChI is InChI=1S/C25H32N6O3S/c1-3-5-6-17-7-9-19(10-8-17)28-20(32)15-31-16-27-22-21(24(31)34)35-25(29-22)30-13-11-18(12-14-30)23(33)26-4-2/h7-10,16,18H,3-6,11-15H2,1-2H3,(H,26,33)(H,28,32). The van der Waals surface area contributed by atoms with Gasteiger partial charge in [-0.3, -0.25) is 19.0 Å². The molecule has 3 heterocycles. The first-order valence-corrected chi connectivity index (χ1v) is 13.1. The van der Waals surface area contributed by atoms with E-state index >= 15 is 0 Å². The summed E-state index contributed by atoms with van der Waals surface area (Å²) in [5.74, 6) is -0.166. The molecule has 9 nitrogen and oxygen atoms in total. The van der Waals surface area contributed by atoms with Crippen molar-refractivity contribution in [2.24, 2.45) is 5.92 Å². The highest BCUT2D eigenvalue weighted by atomic mass is 32.1. The maximum absolute atomic E-state index is 13.0. The van der Waals surface area contributed by atoms with Gasteiger partial charge in [0.25, 0.3) is 5.56 Å². The molecule has 0 aliphatic carbocycles. The molecule has 1 aliphatic heterocycles. The highest BCUT2D eigenvalue weighted by Gasteiger charge is 2.26. The van der Waals surface area contributed by atoms with Crippen LogP contribution in [0.5, 0.6) is 0 Å². The van der Waals surface area contributed by atoms with E-state index in [2.05, 4.69) is 32.4 Å². The average molecular weight is 497 g/mol. The Kier molecular flexibility index (Phi) is 8.12. The van der Waals surface area contributed by atoms with E-state index in [0.29, 0.717) is 35.7 Å². The number of fused-ring (bicyclic) bond motifs is 1. The topological polar surface area (TPSA) is 109 Å². The van der Waals surface area contributed by atoms with Crippen LogP contribution in [0, 0.1) is 5.92 Å². The Labute approximate surface area is 208 Å². The van der Waals surface area contributed by atoms with E-state index in [1.165, 1.54) is 27.8 Å². The van der Waals surface area contributed by atoms with Crippen molar-refractivity contribution in [3.63, 3.8) is 0 Å². The second kappa shape index (κ2) is 11.4. The Hall–Kier alpha value is -3.27. The van der Waals surface area contributed by atoms with E-state index in [4.69, 9.17) is 0 Å². The number of anilines is 2. The number of hydrogen-bond donors (Lipinski definition) is 2. The number of nitrogens with zero attached hydrogens (tertiary/aromatic N) is 4. The predicted molar refractivity (Wildman–Crippen MR) is 139 cm³/mol. The largest absolute Gasteiger partial charge is 0.356 e. The number of aryl methyl sites for hydroxylation is 1. The molecule has 0 spiro atoms. The number of piperidine rings is 1. The number of thiazole rings is 1. The van der Waals surface area contributed by atoms with Crippen LogP contribution in [-0.2, 0) is 22.6 Å². The van der Waals surface area contributed by atoms with E-state index in [9.17, 15) is 14.4 Å². The molecule has 35 heavy (non-hydrogen) atoms. The number of carbonyl (C=O) groups excluding carboxylic acids is 2. The quantitative estimate of drug-likeness (QED) is 0.471. The van der Waals surface area contributed by atoms with Crippen molar-refractivity contribution in [1.82, 2.24) is 19.9 Å². The van der Waals surface area contributed by atoms with Crippen LogP contribution in [0.3, 0.4) is 0 Å². The van der Waals surface area contributed by atoms with Crippen molar-refractivity contribution in [3.8, 4) is 0 Å². The van der Waals surface area contributed by atoms with E-state index in [0.717, 1.165) is 37.2 Å². The third-order valence-electron chi connectivity index (χ3n) is 6.23. The second-order valence-corrected chi connectivity index (χ2v) is 9.81. The van der Waals surface area contributed by atoms with Crippen molar-refractivity contribution in [2.45, 2.75) is 52.5 Å². The molecule has 0 radical (unpaired) electrons. The Morgan fingerprint density at radius 2 is 1.89 bits per heavy atom. The smallest absolute Gasteiger partial charge is 0.273 e. The number of rotatable bonds is 9. The monoisotopic (exact) mass is 496 g/mol. The maximum Gasteiger partial charge on any atom is 0.273 e. The fourth-order valence-electron chi connectivity index (χ4n) is 4.23. The molecular formula is C25H32N6O3S. The van der Waals surface area contributed by atoms with Crippen LogP contribution in [0.15, 0.2) is 35.4 Å². The van der Waals surface area contributed by atoms with Gasteiger partial charge < -0.3 is 15.5 Å². The third-order valence-corrected chi connectivity index (χ3v) is 7.32. The summed E-state index contributed by atoms with van der Waals surface area (Å²) in [6, 6.07) is 7.81. The van der Waals surface area contributed by atoms with Crippen molar-refractivity contribution >= 4 is 44.3 Å². The van der Waals surface area contributed by atoms with Gasteiger partial charge in [-0.15, -0.1) is 0 Å². The number of aromatic nitrogens is 3. The van der Waals surface area contributed by atoms with Crippen molar-refractivity contribution in [2.75, 3.05) is 29.9 Å². The molecule has 2 N–H and O–H groups in total. The van der Waals surface area contributed by atoms with Crippen LogP contribution < -0.4 is 21.1 Å². The molecule has 3 aromatic rings. The summed E-state index contributed by atoms with van der Waals surface area (Å²) in [5, 5.41) is 6.46. The van der Waals surface area contributed by atoms with Crippen LogP contribution in [0.2, 0.25) is 0 Å². The summed E-state index contributed by atoms with van der Waals surface area (Å²) in [6.45, 7) is 6.00. The Bertz CT molecular complexity index is 1230. The second-order valence-electron chi connectivity index (χ2n) is 8.83. The zero-order chi connectivity index (χ0) is 24.8. The molecule has 0 saturated carbocycles. The van der Waals surface area contributed by atoms with Gasteiger partial charge in [0.15, 0.2) is 10.8 Å². The summed E-state index contributed by atoms with van der Waals surface area (Å²) < 4.78 is 1.75. The molecule has 1 aromatic carbocycles. The molecule has 186 valence electrons. The van der Waals surface area contributed by atoms with Crippen LogP contribution in [0.25, 0.3) is 10.3 Å². The molecule has 2 aromatic heterocycles. The number of carbonyl (C=O) groups is 2. The number of unbranched alkanes of at least 4 members (excludes halogenated alkanes) is 1. The zero-order valence-corrected chi connectivity index (χ0v) is 21.1. The van der Waals surface area contributed by atoms with Gasteiger partial charge in [0.05, 0.1) is 0 Å². The lowest BCUT2D eigenvalue weighted by Gasteiger charge is -2.30. The molecule has 2 amide bonds.